The fourth-order valence-corrected chi connectivity index (χ4v) is 7.82. The van der Waals surface area contributed by atoms with E-state index in [-0.39, 0.29) is 0 Å². The van der Waals surface area contributed by atoms with E-state index < -0.39 is 0 Å². The minimum atomic E-state index is 0.344. The molecule has 0 N–H and O–H groups in total. The fraction of sp³-hybridized carbons (Fsp3) is 0.133. The van der Waals surface area contributed by atoms with Crippen LogP contribution in [-0.2, 0) is 6.42 Å². The third kappa shape index (κ3) is 4.86. The van der Waals surface area contributed by atoms with Gasteiger partial charge in [-0.2, -0.15) is 0 Å². The number of aromatic nitrogens is 3. The number of fused-ring (bicyclic) bond motifs is 7. The van der Waals surface area contributed by atoms with Gasteiger partial charge in [0, 0.05) is 34.4 Å². The van der Waals surface area contributed by atoms with Crippen molar-refractivity contribution < 1.29 is 4.42 Å². The molecule has 4 heteroatoms. The van der Waals surface area contributed by atoms with Crippen molar-refractivity contribution in [1.82, 2.24) is 15.0 Å². The molecule has 0 fully saturated rings. The second-order valence-corrected chi connectivity index (χ2v) is 13.3. The Bertz CT molecular complexity index is 2590. The first kappa shape index (κ1) is 28.2. The lowest BCUT2D eigenvalue weighted by Gasteiger charge is -2.22. The van der Waals surface area contributed by atoms with Crippen LogP contribution in [0.3, 0.4) is 0 Å². The van der Waals surface area contributed by atoms with E-state index in [1.807, 2.05) is 0 Å². The molecule has 0 saturated carbocycles. The van der Waals surface area contributed by atoms with Crippen molar-refractivity contribution >= 4 is 49.2 Å². The van der Waals surface area contributed by atoms with Crippen molar-refractivity contribution in [3.63, 3.8) is 0 Å². The number of hydrogen-bond donors (Lipinski definition) is 0. The topological polar surface area (TPSA) is 51.8 Å². The molecule has 0 radical (unpaired) electrons. The highest BCUT2D eigenvalue weighted by molar-refractivity contribution is 6.08. The van der Waals surface area contributed by atoms with Crippen LogP contribution in [0.4, 0.5) is 0 Å². The average molecular weight is 632 g/mol. The molecule has 10 rings (SSSR count). The molecule has 1 atom stereocenters. The van der Waals surface area contributed by atoms with Crippen LogP contribution in [-0.4, -0.2) is 15.0 Å². The molecule has 2 aromatic heterocycles. The zero-order valence-electron chi connectivity index (χ0n) is 27.1. The number of rotatable bonds is 4. The zero-order chi connectivity index (χ0) is 32.3. The molecule has 4 aromatic carbocycles. The molecule has 0 aliphatic heterocycles. The van der Waals surface area contributed by atoms with Gasteiger partial charge in [0.15, 0.2) is 17.5 Å². The summed E-state index contributed by atoms with van der Waals surface area (Å²) in [4.78, 5) is 15.4. The first-order valence-corrected chi connectivity index (χ1v) is 17.3. The van der Waals surface area contributed by atoms with E-state index in [2.05, 4.69) is 134 Å². The molecule has 0 bridgehead atoms. The molecule has 0 amide bonds. The second-order valence-electron chi connectivity index (χ2n) is 13.3. The summed E-state index contributed by atoms with van der Waals surface area (Å²) in [6, 6.07) is 26.4. The predicted octanol–water partition coefficient (Wildman–Crippen LogP) is 11.2. The lowest BCUT2D eigenvalue weighted by molar-refractivity contribution is 0.545. The number of benzene rings is 4. The summed E-state index contributed by atoms with van der Waals surface area (Å²) in [6.45, 7) is 0. The number of furan rings is 1. The van der Waals surface area contributed by atoms with Crippen molar-refractivity contribution in [3.05, 3.63) is 168 Å². The third-order valence-corrected chi connectivity index (χ3v) is 10.3. The molecule has 234 valence electrons. The van der Waals surface area contributed by atoms with Crippen molar-refractivity contribution in [2.45, 2.75) is 32.1 Å². The van der Waals surface area contributed by atoms with Crippen molar-refractivity contribution in [1.29, 1.82) is 0 Å². The molecule has 0 saturated heterocycles. The summed E-state index contributed by atoms with van der Waals surface area (Å²) in [6.07, 6.45) is 26.6. The maximum absolute atomic E-state index is 6.63. The molecule has 4 aliphatic rings. The first-order valence-electron chi connectivity index (χ1n) is 17.3. The smallest absolute Gasteiger partial charge is 0.164 e. The minimum Gasteiger partial charge on any atom is -0.460 e. The maximum atomic E-state index is 6.63. The summed E-state index contributed by atoms with van der Waals surface area (Å²) in [7, 11) is 0. The highest BCUT2D eigenvalue weighted by Gasteiger charge is 2.27. The monoisotopic (exact) mass is 631 g/mol. The van der Waals surface area contributed by atoms with E-state index in [1.54, 1.807) is 0 Å². The molecular formula is C45H33N3O. The van der Waals surface area contributed by atoms with Crippen LogP contribution in [0, 0.1) is 5.92 Å². The Balaban J connectivity index is 1.06. The van der Waals surface area contributed by atoms with E-state index in [4.69, 9.17) is 19.4 Å². The molecule has 2 heterocycles. The van der Waals surface area contributed by atoms with E-state index in [0.29, 0.717) is 11.7 Å². The average Bonchev–Trinajstić information content (AvgIpc) is 3.56. The SMILES string of the molecule is C1=CC2=CC=C(c3nc(C4=CCCC=C4)nc(C4=CCCc5oc6cc(-c7ccc8c(ccc9ccccc98)c7)ccc6c54)n3)CC2C=C1. The van der Waals surface area contributed by atoms with Crippen molar-refractivity contribution in [3.8, 4) is 11.1 Å². The summed E-state index contributed by atoms with van der Waals surface area (Å²) in [5.41, 5.74) is 8.88. The third-order valence-electron chi connectivity index (χ3n) is 10.3. The number of aryl methyl sites for hydroxylation is 1. The molecule has 1 unspecified atom stereocenters. The molecule has 6 aromatic rings. The normalized spacial score (nSPS) is 18.2. The summed E-state index contributed by atoms with van der Waals surface area (Å²) in [5, 5.41) is 6.15. The highest BCUT2D eigenvalue weighted by atomic mass is 16.3. The Kier molecular flexibility index (Phi) is 6.54. The van der Waals surface area contributed by atoms with E-state index >= 15 is 0 Å². The van der Waals surface area contributed by atoms with E-state index in [0.717, 1.165) is 88.3 Å². The fourth-order valence-electron chi connectivity index (χ4n) is 7.82. The summed E-state index contributed by atoms with van der Waals surface area (Å²) < 4.78 is 6.63. The number of hydrogen-bond acceptors (Lipinski definition) is 4. The van der Waals surface area contributed by atoms with Gasteiger partial charge in [-0.25, -0.2) is 15.0 Å². The lowest BCUT2D eigenvalue weighted by Crippen LogP contribution is -2.13. The second kappa shape index (κ2) is 11.4. The summed E-state index contributed by atoms with van der Waals surface area (Å²) in [5.74, 6) is 3.54. The molecule has 49 heavy (non-hydrogen) atoms. The van der Waals surface area contributed by atoms with Crippen LogP contribution >= 0.6 is 0 Å². The quantitative estimate of drug-likeness (QED) is 0.182. The van der Waals surface area contributed by atoms with Crippen molar-refractivity contribution in [2.24, 2.45) is 5.92 Å². The highest BCUT2D eigenvalue weighted by Crippen LogP contribution is 2.41. The van der Waals surface area contributed by atoms with Gasteiger partial charge < -0.3 is 4.42 Å². The lowest BCUT2D eigenvalue weighted by atomic mass is 9.84. The largest absolute Gasteiger partial charge is 0.460 e. The molecule has 0 spiro atoms. The Morgan fingerprint density at radius 3 is 2.43 bits per heavy atom. The number of nitrogens with zero attached hydrogens (tertiary/aromatic N) is 3. The molecular weight excluding hydrogens is 599 g/mol. The van der Waals surface area contributed by atoms with Gasteiger partial charge in [-0.3, -0.25) is 0 Å². The van der Waals surface area contributed by atoms with Crippen LogP contribution in [0.2, 0.25) is 0 Å². The van der Waals surface area contributed by atoms with Gasteiger partial charge >= 0.3 is 0 Å². The van der Waals surface area contributed by atoms with Crippen LogP contribution in [0.15, 0.2) is 144 Å². The van der Waals surface area contributed by atoms with E-state index in [9.17, 15) is 0 Å². The van der Waals surface area contributed by atoms with Gasteiger partial charge in [0.25, 0.3) is 0 Å². The van der Waals surface area contributed by atoms with Gasteiger partial charge in [-0.15, -0.1) is 0 Å². The standard InChI is InChI=1S/C45H33N3O/c1-2-11-30(12-3-1)43-46-44(35-20-17-28-9-4-5-13-31(28)26-35)48-45(47-43)39-15-8-16-40-42(39)38-24-22-33(27-41(38)49-40)32-21-23-37-34(25-32)19-18-29-10-6-7-14-36(29)37/h2,4-7,9-15,17-25,27,31H,1,3,8,16,26H2. The van der Waals surface area contributed by atoms with Crippen LogP contribution in [0.1, 0.15) is 54.5 Å². The van der Waals surface area contributed by atoms with Crippen LogP contribution in [0.25, 0.3) is 60.4 Å². The van der Waals surface area contributed by atoms with Crippen LogP contribution < -0.4 is 0 Å². The van der Waals surface area contributed by atoms with Gasteiger partial charge in [0.2, 0.25) is 0 Å². The Labute approximate surface area is 284 Å². The predicted molar refractivity (Wildman–Crippen MR) is 201 cm³/mol. The first-order chi connectivity index (χ1) is 24.2. The van der Waals surface area contributed by atoms with Gasteiger partial charge in [0.05, 0.1) is 0 Å². The Hall–Kier alpha value is -5.87. The Morgan fingerprint density at radius 1 is 0.653 bits per heavy atom. The molecule has 4 aliphatic carbocycles. The Morgan fingerprint density at radius 2 is 1.49 bits per heavy atom. The van der Waals surface area contributed by atoms with Crippen LogP contribution in [0.5, 0.6) is 0 Å². The minimum absolute atomic E-state index is 0.344. The maximum Gasteiger partial charge on any atom is 0.164 e. The summed E-state index contributed by atoms with van der Waals surface area (Å²) >= 11 is 0. The van der Waals surface area contributed by atoms with E-state index in [1.165, 1.54) is 32.7 Å². The van der Waals surface area contributed by atoms with Crippen molar-refractivity contribution in [2.75, 3.05) is 0 Å². The zero-order valence-corrected chi connectivity index (χ0v) is 27.1. The van der Waals surface area contributed by atoms with Gasteiger partial charge in [0.1, 0.15) is 11.3 Å². The van der Waals surface area contributed by atoms with Gasteiger partial charge in [-0.1, -0.05) is 115 Å². The molecule has 4 nitrogen and oxygen atoms in total. The number of allylic oxidation sites excluding steroid dienone is 13. The van der Waals surface area contributed by atoms with Gasteiger partial charge in [-0.05, 0) is 87.7 Å².